The fraction of sp³-hybridized carbons (Fsp3) is 0.818. The zero-order chi connectivity index (χ0) is 9.68. The van der Waals surface area contributed by atoms with Crippen LogP contribution in [0.5, 0.6) is 0 Å². The van der Waals surface area contributed by atoms with Crippen molar-refractivity contribution in [1.82, 2.24) is 0 Å². The summed E-state index contributed by atoms with van der Waals surface area (Å²) in [6, 6.07) is 0. The van der Waals surface area contributed by atoms with Gasteiger partial charge in [-0.1, -0.05) is 13.8 Å². The van der Waals surface area contributed by atoms with E-state index in [-0.39, 0.29) is 6.29 Å². The van der Waals surface area contributed by atoms with E-state index in [1.54, 1.807) is 0 Å². The van der Waals surface area contributed by atoms with E-state index < -0.39 is 0 Å². The van der Waals surface area contributed by atoms with Gasteiger partial charge in [-0.15, -0.1) is 0 Å². The average molecular weight is 184 g/mol. The molecule has 1 heterocycles. The van der Waals surface area contributed by atoms with Crippen molar-refractivity contribution in [2.75, 3.05) is 6.61 Å². The molecule has 0 aromatic rings. The molecule has 0 bridgehead atoms. The van der Waals surface area contributed by atoms with Crippen LogP contribution in [0.2, 0.25) is 0 Å². The molecule has 0 spiro atoms. The molecule has 1 aliphatic rings. The molecule has 1 rings (SSSR count). The van der Waals surface area contributed by atoms with Gasteiger partial charge in [0.25, 0.3) is 0 Å². The third-order valence-corrected chi connectivity index (χ3v) is 2.64. The van der Waals surface area contributed by atoms with Gasteiger partial charge >= 0.3 is 0 Å². The molecule has 0 fully saturated rings. The number of ether oxygens (including phenoxy) is 2. The van der Waals surface area contributed by atoms with Crippen molar-refractivity contribution in [2.45, 2.75) is 46.3 Å². The van der Waals surface area contributed by atoms with Crippen molar-refractivity contribution >= 4 is 0 Å². The van der Waals surface area contributed by atoms with E-state index in [2.05, 4.69) is 13.8 Å². The largest absolute Gasteiger partial charge is 0.473 e. The molecule has 76 valence electrons. The monoisotopic (exact) mass is 184 g/mol. The Hall–Kier alpha value is -0.500. The third kappa shape index (κ3) is 3.03. The number of allylic oxidation sites excluding steroid dienone is 1. The molecule has 0 saturated carbocycles. The Morgan fingerprint density at radius 1 is 1.62 bits per heavy atom. The Bertz CT molecular complexity index is 175. The summed E-state index contributed by atoms with van der Waals surface area (Å²) in [5, 5.41) is 0. The van der Waals surface area contributed by atoms with E-state index >= 15 is 0 Å². The maximum atomic E-state index is 5.47. The minimum atomic E-state index is -0.00203. The summed E-state index contributed by atoms with van der Waals surface area (Å²) in [6.45, 7) is 7.19. The van der Waals surface area contributed by atoms with Gasteiger partial charge in [0.05, 0.1) is 6.26 Å². The normalized spacial score (nSPS) is 24.8. The Labute approximate surface area is 80.9 Å². The first kappa shape index (κ1) is 10.6. The van der Waals surface area contributed by atoms with Crippen LogP contribution in [-0.4, -0.2) is 12.9 Å². The van der Waals surface area contributed by atoms with Gasteiger partial charge in [0.15, 0.2) is 6.29 Å². The quantitative estimate of drug-likeness (QED) is 0.668. The summed E-state index contributed by atoms with van der Waals surface area (Å²) in [7, 11) is 0. The lowest BCUT2D eigenvalue weighted by atomic mass is 9.94. The Kier molecular flexibility index (Phi) is 4.29. The Morgan fingerprint density at radius 2 is 2.38 bits per heavy atom. The van der Waals surface area contributed by atoms with Gasteiger partial charge in [-0.25, -0.2) is 0 Å². The molecular weight excluding hydrogens is 164 g/mol. The fourth-order valence-corrected chi connectivity index (χ4v) is 1.51. The second kappa shape index (κ2) is 5.28. The van der Waals surface area contributed by atoms with Gasteiger partial charge in [0.2, 0.25) is 0 Å². The second-order valence-corrected chi connectivity index (χ2v) is 3.56. The van der Waals surface area contributed by atoms with Crippen LogP contribution in [0.4, 0.5) is 0 Å². The van der Waals surface area contributed by atoms with E-state index in [1.807, 2.05) is 13.2 Å². The molecular formula is C11H20O2. The van der Waals surface area contributed by atoms with Crippen LogP contribution in [0, 0.1) is 5.92 Å². The van der Waals surface area contributed by atoms with E-state index in [1.165, 1.54) is 12.0 Å². The van der Waals surface area contributed by atoms with Crippen LogP contribution in [0.25, 0.3) is 0 Å². The first-order valence-corrected chi connectivity index (χ1v) is 5.23. The van der Waals surface area contributed by atoms with Crippen molar-refractivity contribution in [1.29, 1.82) is 0 Å². The second-order valence-electron chi connectivity index (χ2n) is 3.56. The standard InChI is InChI=1S/C11H20O2/c1-4-9(3)10-6-7-11(12-5-2)13-8-10/h8-9,11H,4-7H2,1-3H3. The molecule has 0 saturated heterocycles. The molecule has 0 aromatic carbocycles. The van der Waals surface area contributed by atoms with Crippen molar-refractivity contribution in [2.24, 2.45) is 5.92 Å². The van der Waals surface area contributed by atoms with Crippen LogP contribution in [-0.2, 0) is 9.47 Å². The van der Waals surface area contributed by atoms with Crippen molar-refractivity contribution in [3.05, 3.63) is 11.8 Å². The molecule has 0 aromatic heterocycles. The Balaban J connectivity index is 2.38. The number of hydrogen-bond donors (Lipinski definition) is 0. The lowest BCUT2D eigenvalue weighted by Crippen LogP contribution is -2.20. The number of hydrogen-bond acceptors (Lipinski definition) is 2. The van der Waals surface area contributed by atoms with Gasteiger partial charge in [-0.3, -0.25) is 0 Å². The topological polar surface area (TPSA) is 18.5 Å². The predicted molar refractivity (Wildman–Crippen MR) is 53.3 cm³/mol. The fourth-order valence-electron chi connectivity index (χ4n) is 1.51. The summed E-state index contributed by atoms with van der Waals surface area (Å²) in [5.41, 5.74) is 1.43. The van der Waals surface area contributed by atoms with Gasteiger partial charge in [0.1, 0.15) is 0 Å². The van der Waals surface area contributed by atoms with Crippen LogP contribution < -0.4 is 0 Å². The highest BCUT2D eigenvalue weighted by Gasteiger charge is 2.17. The molecule has 0 N–H and O–H groups in total. The molecule has 2 unspecified atom stereocenters. The van der Waals surface area contributed by atoms with Crippen LogP contribution >= 0.6 is 0 Å². The lowest BCUT2D eigenvalue weighted by Gasteiger charge is -2.25. The first-order chi connectivity index (χ1) is 6.27. The number of rotatable bonds is 4. The summed E-state index contributed by atoms with van der Waals surface area (Å²) in [5.74, 6) is 0.655. The van der Waals surface area contributed by atoms with Crippen LogP contribution in [0.1, 0.15) is 40.0 Å². The van der Waals surface area contributed by atoms with E-state index in [9.17, 15) is 0 Å². The minimum Gasteiger partial charge on any atom is -0.473 e. The summed E-state index contributed by atoms with van der Waals surface area (Å²) in [6.07, 6.45) is 5.22. The van der Waals surface area contributed by atoms with Gasteiger partial charge < -0.3 is 9.47 Å². The van der Waals surface area contributed by atoms with E-state index in [4.69, 9.17) is 9.47 Å². The van der Waals surface area contributed by atoms with E-state index in [0.717, 1.165) is 19.4 Å². The van der Waals surface area contributed by atoms with Crippen molar-refractivity contribution < 1.29 is 9.47 Å². The highest BCUT2D eigenvalue weighted by atomic mass is 16.7. The molecule has 0 amide bonds. The summed E-state index contributed by atoms with van der Waals surface area (Å²) < 4.78 is 10.8. The molecule has 2 heteroatoms. The van der Waals surface area contributed by atoms with Crippen LogP contribution in [0.15, 0.2) is 11.8 Å². The van der Waals surface area contributed by atoms with Crippen molar-refractivity contribution in [3.63, 3.8) is 0 Å². The lowest BCUT2D eigenvalue weighted by molar-refractivity contribution is -0.113. The maximum absolute atomic E-state index is 5.47. The molecule has 0 radical (unpaired) electrons. The minimum absolute atomic E-state index is 0.00203. The smallest absolute Gasteiger partial charge is 0.199 e. The Morgan fingerprint density at radius 3 is 2.85 bits per heavy atom. The molecule has 0 aliphatic carbocycles. The molecule has 13 heavy (non-hydrogen) atoms. The van der Waals surface area contributed by atoms with Gasteiger partial charge in [-0.05, 0) is 31.3 Å². The average Bonchev–Trinajstić information content (AvgIpc) is 2.18. The van der Waals surface area contributed by atoms with E-state index in [0.29, 0.717) is 5.92 Å². The van der Waals surface area contributed by atoms with Crippen LogP contribution in [0.3, 0.4) is 0 Å². The van der Waals surface area contributed by atoms with Crippen molar-refractivity contribution in [3.8, 4) is 0 Å². The first-order valence-electron chi connectivity index (χ1n) is 5.23. The zero-order valence-corrected chi connectivity index (χ0v) is 8.88. The molecule has 2 nitrogen and oxygen atoms in total. The summed E-state index contributed by atoms with van der Waals surface area (Å²) >= 11 is 0. The predicted octanol–water partition coefficient (Wildman–Crippen LogP) is 3.09. The third-order valence-electron chi connectivity index (χ3n) is 2.64. The highest BCUT2D eigenvalue weighted by Crippen LogP contribution is 2.25. The molecule has 1 aliphatic heterocycles. The SMILES string of the molecule is CCOC1CCC(C(C)CC)=CO1. The highest BCUT2D eigenvalue weighted by molar-refractivity contribution is 5.04. The van der Waals surface area contributed by atoms with Gasteiger partial charge in [0, 0.05) is 13.0 Å². The molecule has 2 atom stereocenters. The summed E-state index contributed by atoms with van der Waals surface area (Å²) in [4.78, 5) is 0. The maximum Gasteiger partial charge on any atom is 0.199 e. The van der Waals surface area contributed by atoms with Gasteiger partial charge in [-0.2, -0.15) is 0 Å². The zero-order valence-electron chi connectivity index (χ0n) is 8.88.